The Labute approximate surface area is 142 Å². The maximum Gasteiger partial charge on any atom is 0.244 e. The summed E-state index contributed by atoms with van der Waals surface area (Å²) in [5.41, 5.74) is 2.11. The van der Waals surface area contributed by atoms with Gasteiger partial charge in [-0.1, -0.05) is 0 Å². The highest BCUT2D eigenvalue weighted by Crippen LogP contribution is 2.19. The quantitative estimate of drug-likeness (QED) is 0.788. The first-order valence-corrected chi connectivity index (χ1v) is 8.86. The summed E-state index contributed by atoms with van der Waals surface area (Å²) in [5, 5.41) is 10.7. The van der Waals surface area contributed by atoms with E-state index in [9.17, 15) is 9.59 Å². The SMILES string of the molecule is Cc1cc(C)n(CCCC(=O)N2CCNC[C@H]2C(=O)NC2CC2)n1. The van der Waals surface area contributed by atoms with Crippen molar-refractivity contribution in [3.8, 4) is 0 Å². The molecule has 7 nitrogen and oxygen atoms in total. The van der Waals surface area contributed by atoms with Gasteiger partial charge >= 0.3 is 0 Å². The minimum Gasteiger partial charge on any atom is -0.352 e. The van der Waals surface area contributed by atoms with Crippen LogP contribution >= 0.6 is 0 Å². The maximum absolute atomic E-state index is 12.6. The van der Waals surface area contributed by atoms with Crippen molar-refractivity contribution in [2.45, 2.75) is 58.2 Å². The van der Waals surface area contributed by atoms with Crippen LogP contribution in [0.5, 0.6) is 0 Å². The summed E-state index contributed by atoms with van der Waals surface area (Å²) in [6, 6.07) is 1.99. The Morgan fingerprint density at radius 3 is 2.83 bits per heavy atom. The lowest BCUT2D eigenvalue weighted by Gasteiger charge is -2.35. The van der Waals surface area contributed by atoms with Crippen molar-refractivity contribution in [3.05, 3.63) is 17.5 Å². The maximum atomic E-state index is 12.6. The van der Waals surface area contributed by atoms with Crippen LogP contribution in [-0.2, 0) is 16.1 Å². The third kappa shape index (κ3) is 4.14. The molecule has 0 aromatic carbocycles. The van der Waals surface area contributed by atoms with E-state index in [1.54, 1.807) is 4.90 Å². The highest BCUT2D eigenvalue weighted by Gasteiger charge is 2.34. The summed E-state index contributed by atoms with van der Waals surface area (Å²) in [4.78, 5) is 26.7. The number of aromatic nitrogens is 2. The van der Waals surface area contributed by atoms with Crippen molar-refractivity contribution < 1.29 is 9.59 Å². The Bertz CT molecular complexity index is 608. The van der Waals surface area contributed by atoms with Gasteiger partial charge in [-0.25, -0.2) is 0 Å². The summed E-state index contributed by atoms with van der Waals surface area (Å²) in [5.74, 6) is 0.0468. The van der Waals surface area contributed by atoms with Crippen LogP contribution < -0.4 is 10.6 Å². The molecule has 2 amide bonds. The Kier molecular flexibility index (Phi) is 5.18. The fraction of sp³-hybridized carbons (Fsp3) is 0.706. The predicted molar refractivity (Wildman–Crippen MR) is 90.5 cm³/mol. The smallest absolute Gasteiger partial charge is 0.244 e. The second kappa shape index (κ2) is 7.34. The Hall–Kier alpha value is -1.89. The number of piperazine rings is 1. The molecule has 0 spiro atoms. The Morgan fingerprint density at radius 1 is 1.38 bits per heavy atom. The van der Waals surface area contributed by atoms with Crippen LogP contribution in [0.25, 0.3) is 0 Å². The number of hydrogen-bond donors (Lipinski definition) is 2. The highest BCUT2D eigenvalue weighted by atomic mass is 16.2. The number of aryl methyl sites for hydroxylation is 3. The van der Waals surface area contributed by atoms with Gasteiger partial charge in [0.15, 0.2) is 0 Å². The third-order valence-electron chi connectivity index (χ3n) is 4.65. The van der Waals surface area contributed by atoms with E-state index in [4.69, 9.17) is 0 Å². The first-order valence-electron chi connectivity index (χ1n) is 8.86. The summed E-state index contributed by atoms with van der Waals surface area (Å²) in [7, 11) is 0. The topological polar surface area (TPSA) is 79.3 Å². The van der Waals surface area contributed by atoms with Crippen LogP contribution in [0, 0.1) is 13.8 Å². The van der Waals surface area contributed by atoms with Crippen molar-refractivity contribution in [1.29, 1.82) is 0 Å². The van der Waals surface area contributed by atoms with Crippen molar-refractivity contribution >= 4 is 11.8 Å². The van der Waals surface area contributed by atoms with E-state index < -0.39 is 0 Å². The molecule has 24 heavy (non-hydrogen) atoms. The molecule has 0 bridgehead atoms. The minimum absolute atomic E-state index is 0.0170. The average molecular weight is 333 g/mol. The second-order valence-electron chi connectivity index (χ2n) is 6.84. The van der Waals surface area contributed by atoms with Gasteiger partial charge in [0.2, 0.25) is 11.8 Å². The van der Waals surface area contributed by atoms with Crippen molar-refractivity contribution in [3.63, 3.8) is 0 Å². The van der Waals surface area contributed by atoms with Crippen LogP contribution in [0.2, 0.25) is 0 Å². The molecule has 2 aliphatic rings. The fourth-order valence-corrected chi connectivity index (χ4v) is 3.19. The molecular weight excluding hydrogens is 306 g/mol. The van der Waals surface area contributed by atoms with E-state index in [1.165, 1.54) is 0 Å². The Morgan fingerprint density at radius 2 is 2.17 bits per heavy atom. The zero-order valence-corrected chi connectivity index (χ0v) is 14.5. The lowest BCUT2D eigenvalue weighted by molar-refractivity contribution is -0.141. The van der Waals surface area contributed by atoms with Gasteiger partial charge in [0.1, 0.15) is 6.04 Å². The van der Waals surface area contributed by atoms with Crippen LogP contribution in [0.3, 0.4) is 0 Å². The molecule has 1 saturated carbocycles. The molecule has 132 valence electrons. The lowest BCUT2D eigenvalue weighted by Crippen LogP contribution is -2.59. The van der Waals surface area contributed by atoms with Gasteiger partial charge in [0.25, 0.3) is 0 Å². The number of nitrogens with zero attached hydrogens (tertiary/aromatic N) is 3. The predicted octanol–water partition coefficient (Wildman–Crippen LogP) is 0.359. The zero-order chi connectivity index (χ0) is 17.1. The number of nitrogens with one attached hydrogen (secondary N) is 2. The Balaban J connectivity index is 1.51. The number of hydrogen-bond acceptors (Lipinski definition) is 4. The number of rotatable bonds is 6. The van der Waals surface area contributed by atoms with Crippen LogP contribution in [0.1, 0.15) is 37.1 Å². The van der Waals surface area contributed by atoms with E-state index in [1.807, 2.05) is 24.6 Å². The molecule has 1 aliphatic carbocycles. The molecule has 2 fully saturated rings. The highest BCUT2D eigenvalue weighted by molar-refractivity contribution is 5.88. The third-order valence-corrected chi connectivity index (χ3v) is 4.65. The molecule has 1 aliphatic heterocycles. The minimum atomic E-state index is -0.375. The van der Waals surface area contributed by atoms with E-state index in [0.29, 0.717) is 25.6 Å². The molecule has 0 unspecified atom stereocenters. The molecule has 2 heterocycles. The molecule has 7 heteroatoms. The molecule has 1 aromatic heterocycles. The molecule has 0 radical (unpaired) electrons. The molecule has 3 rings (SSSR count). The summed E-state index contributed by atoms with van der Waals surface area (Å²) >= 11 is 0. The summed E-state index contributed by atoms with van der Waals surface area (Å²) < 4.78 is 1.94. The van der Waals surface area contributed by atoms with Crippen LogP contribution in [0.15, 0.2) is 6.07 Å². The monoisotopic (exact) mass is 333 g/mol. The normalized spacial score (nSPS) is 20.9. The summed E-state index contributed by atoms with van der Waals surface area (Å²) in [6.45, 7) is 6.62. The first-order chi connectivity index (χ1) is 11.5. The van der Waals surface area contributed by atoms with E-state index in [2.05, 4.69) is 15.7 Å². The van der Waals surface area contributed by atoms with Gasteiger partial charge in [-0.2, -0.15) is 5.10 Å². The van der Waals surface area contributed by atoms with E-state index in [-0.39, 0.29) is 17.9 Å². The zero-order valence-electron chi connectivity index (χ0n) is 14.5. The average Bonchev–Trinajstić information content (AvgIpc) is 3.31. The lowest BCUT2D eigenvalue weighted by atomic mass is 10.1. The molecular formula is C17H27N5O2. The number of carbonyl (C=O) groups excluding carboxylic acids is 2. The molecule has 1 aromatic rings. The van der Waals surface area contributed by atoms with E-state index >= 15 is 0 Å². The fourth-order valence-electron chi connectivity index (χ4n) is 3.19. The van der Waals surface area contributed by atoms with Crippen LogP contribution in [-0.4, -0.2) is 58.2 Å². The largest absolute Gasteiger partial charge is 0.352 e. The number of amides is 2. The second-order valence-corrected chi connectivity index (χ2v) is 6.84. The molecule has 2 N–H and O–H groups in total. The van der Waals surface area contributed by atoms with Gasteiger partial charge in [0.05, 0.1) is 5.69 Å². The summed E-state index contributed by atoms with van der Waals surface area (Å²) in [6.07, 6.45) is 3.30. The number of carbonyl (C=O) groups is 2. The molecule has 1 saturated heterocycles. The van der Waals surface area contributed by atoms with Gasteiger partial charge in [-0.3, -0.25) is 14.3 Å². The van der Waals surface area contributed by atoms with Crippen LogP contribution in [0.4, 0.5) is 0 Å². The van der Waals surface area contributed by atoms with E-state index in [0.717, 1.165) is 43.7 Å². The first kappa shape index (κ1) is 17.0. The van der Waals surface area contributed by atoms with Gasteiger partial charge < -0.3 is 15.5 Å². The standard InChI is InChI=1S/C17H27N5O2/c1-12-10-13(2)22(20-12)8-3-4-16(23)21-9-7-18-11-15(21)17(24)19-14-5-6-14/h10,14-15,18H,3-9,11H2,1-2H3,(H,19,24)/t15-/m0/s1. The molecule has 1 atom stereocenters. The van der Waals surface area contributed by atoms with Crippen molar-refractivity contribution in [2.75, 3.05) is 19.6 Å². The van der Waals surface area contributed by atoms with Gasteiger partial charge in [0, 0.05) is 44.3 Å². The van der Waals surface area contributed by atoms with Gasteiger partial charge in [-0.15, -0.1) is 0 Å². The van der Waals surface area contributed by atoms with Crippen molar-refractivity contribution in [1.82, 2.24) is 25.3 Å². The van der Waals surface area contributed by atoms with Crippen molar-refractivity contribution in [2.24, 2.45) is 0 Å². The van der Waals surface area contributed by atoms with Gasteiger partial charge in [-0.05, 0) is 39.2 Å².